The number of carbonyl (C=O) groups is 1. The molecule has 5 heteroatoms. The van der Waals surface area contributed by atoms with Crippen LogP contribution in [0.1, 0.15) is 24.0 Å². The zero-order valence-corrected chi connectivity index (χ0v) is 12.8. The molecule has 0 saturated carbocycles. The van der Waals surface area contributed by atoms with Gasteiger partial charge in [0.05, 0.1) is 29.9 Å². The van der Waals surface area contributed by atoms with Crippen LogP contribution in [-0.4, -0.2) is 34.0 Å². The van der Waals surface area contributed by atoms with Crippen molar-refractivity contribution >= 4 is 16.9 Å². The summed E-state index contributed by atoms with van der Waals surface area (Å²) in [7, 11) is 1.74. The van der Waals surface area contributed by atoms with Gasteiger partial charge in [-0.3, -0.25) is 4.79 Å². The van der Waals surface area contributed by atoms with Crippen LogP contribution in [0.4, 0.5) is 0 Å². The Morgan fingerprint density at radius 3 is 2.81 bits per heavy atom. The molecule has 1 aromatic heterocycles. The summed E-state index contributed by atoms with van der Waals surface area (Å²) in [4.78, 5) is 18.0. The van der Waals surface area contributed by atoms with E-state index in [4.69, 9.17) is 5.26 Å². The maximum atomic E-state index is 12.0. The van der Waals surface area contributed by atoms with Crippen molar-refractivity contribution in [3.8, 4) is 6.07 Å². The number of nitrogens with zero attached hydrogens (tertiary/aromatic N) is 4. The van der Waals surface area contributed by atoms with Gasteiger partial charge in [0.15, 0.2) is 0 Å². The van der Waals surface area contributed by atoms with Gasteiger partial charge in [0.2, 0.25) is 5.91 Å². The second kappa shape index (κ2) is 6.40. The average Bonchev–Trinajstić information content (AvgIpc) is 2.84. The molecule has 21 heavy (non-hydrogen) atoms. The van der Waals surface area contributed by atoms with Gasteiger partial charge < -0.3 is 9.47 Å². The zero-order valence-electron chi connectivity index (χ0n) is 12.8. The van der Waals surface area contributed by atoms with Gasteiger partial charge in [0.25, 0.3) is 0 Å². The third-order valence-electron chi connectivity index (χ3n) is 3.79. The highest BCUT2D eigenvalue weighted by molar-refractivity contribution is 5.78. The highest BCUT2D eigenvalue weighted by Gasteiger charge is 2.10. The summed E-state index contributed by atoms with van der Waals surface area (Å²) in [5, 5.41) is 8.54. The lowest BCUT2D eigenvalue weighted by Crippen LogP contribution is -2.28. The molecule has 0 fully saturated rings. The Labute approximate surface area is 124 Å². The van der Waals surface area contributed by atoms with Crippen LogP contribution >= 0.6 is 0 Å². The summed E-state index contributed by atoms with van der Waals surface area (Å²) in [5.74, 6) is 0.0518. The summed E-state index contributed by atoms with van der Waals surface area (Å²) in [6.45, 7) is 5.24. The van der Waals surface area contributed by atoms with Crippen LogP contribution in [-0.2, 0) is 11.3 Å². The Kier molecular flexibility index (Phi) is 4.59. The Hall–Kier alpha value is -2.35. The molecule has 0 N–H and O–H groups in total. The van der Waals surface area contributed by atoms with Crippen LogP contribution in [0, 0.1) is 25.2 Å². The molecule has 0 aliphatic carbocycles. The number of benzene rings is 1. The van der Waals surface area contributed by atoms with E-state index in [9.17, 15) is 4.79 Å². The van der Waals surface area contributed by atoms with Crippen LogP contribution < -0.4 is 0 Å². The van der Waals surface area contributed by atoms with Crippen molar-refractivity contribution in [3.05, 3.63) is 29.6 Å². The van der Waals surface area contributed by atoms with Crippen molar-refractivity contribution in [2.45, 2.75) is 33.2 Å². The number of amides is 1. The molecule has 0 atom stereocenters. The van der Waals surface area contributed by atoms with Crippen LogP contribution in [0.5, 0.6) is 0 Å². The van der Waals surface area contributed by atoms with Gasteiger partial charge in [0.1, 0.15) is 0 Å². The second-order valence-corrected chi connectivity index (χ2v) is 5.34. The predicted octanol–water partition coefficient (Wildman–Crippen LogP) is 2.42. The third-order valence-corrected chi connectivity index (χ3v) is 3.79. The number of fused-ring (bicyclic) bond motifs is 1. The number of carbonyl (C=O) groups excluding carboxylic acids is 1. The number of aromatic nitrogens is 2. The first-order valence-corrected chi connectivity index (χ1v) is 7.06. The molecule has 0 bridgehead atoms. The van der Waals surface area contributed by atoms with Gasteiger partial charge in [-0.15, -0.1) is 0 Å². The minimum atomic E-state index is 0.0518. The van der Waals surface area contributed by atoms with Crippen molar-refractivity contribution in [2.75, 3.05) is 13.6 Å². The first-order valence-electron chi connectivity index (χ1n) is 7.06. The van der Waals surface area contributed by atoms with Gasteiger partial charge in [-0.2, -0.15) is 5.26 Å². The molecule has 0 saturated heterocycles. The van der Waals surface area contributed by atoms with E-state index >= 15 is 0 Å². The largest absolute Gasteiger partial charge is 0.345 e. The van der Waals surface area contributed by atoms with Gasteiger partial charge in [-0.1, -0.05) is 0 Å². The Morgan fingerprint density at radius 2 is 2.10 bits per heavy atom. The molecule has 2 aromatic rings. The summed E-state index contributed by atoms with van der Waals surface area (Å²) in [6.07, 6.45) is 2.57. The van der Waals surface area contributed by atoms with Crippen molar-refractivity contribution in [3.63, 3.8) is 0 Å². The van der Waals surface area contributed by atoms with E-state index in [1.165, 1.54) is 11.1 Å². The normalized spacial score (nSPS) is 10.6. The summed E-state index contributed by atoms with van der Waals surface area (Å²) >= 11 is 0. The predicted molar refractivity (Wildman–Crippen MR) is 81.7 cm³/mol. The van der Waals surface area contributed by atoms with Crippen molar-refractivity contribution in [1.82, 2.24) is 14.5 Å². The van der Waals surface area contributed by atoms with Gasteiger partial charge in [-0.25, -0.2) is 4.98 Å². The minimum absolute atomic E-state index is 0.0518. The molecule has 0 aliphatic rings. The van der Waals surface area contributed by atoms with Crippen LogP contribution in [0.25, 0.3) is 11.0 Å². The maximum absolute atomic E-state index is 12.0. The van der Waals surface area contributed by atoms with E-state index in [2.05, 4.69) is 31.0 Å². The molecule has 5 nitrogen and oxygen atoms in total. The molecule has 0 unspecified atom stereocenters. The molecule has 2 rings (SSSR count). The number of hydrogen-bond acceptors (Lipinski definition) is 3. The van der Waals surface area contributed by atoms with E-state index in [1.54, 1.807) is 18.3 Å². The van der Waals surface area contributed by atoms with Crippen LogP contribution in [0.3, 0.4) is 0 Å². The quantitative estimate of drug-likeness (QED) is 0.847. The molecule has 0 spiro atoms. The number of rotatable bonds is 5. The van der Waals surface area contributed by atoms with Crippen LogP contribution in [0.2, 0.25) is 0 Å². The van der Waals surface area contributed by atoms with Crippen LogP contribution in [0.15, 0.2) is 18.5 Å². The number of nitriles is 1. The van der Waals surface area contributed by atoms with Crippen molar-refractivity contribution in [1.29, 1.82) is 5.26 Å². The highest BCUT2D eigenvalue weighted by atomic mass is 16.2. The summed E-state index contributed by atoms with van der Waals surface area (Å²) in [5.41, 5.74) is 4.47. The van der Waals surface area contributed by atoms with Gasteiger partial charge in [0, 0.05) is 26.6 Å². The number of imidazole rings is 1. The lowest BCUT2D eigenvalue weighted by atomic mass is 10.1. The fourth-order valence-corrected chi connectivity index (χ4v) is 2.24. The van der Waals surface area contributed by atoms with Gasteiger partial charge in [-0.05, 0) is 37.1 Å². The third kappa shape index (κ3) is 3.40. The second-order valence-electron chi connectivity index (χ2n) is 5.34. The van der Waals surface area contributed by atoms with E-state index in [-0.39, 0.29) is 5.91 Å². The maximum Gasteiger partial charge on any atom is 0.224 e. The van der Waals surface area contributed by atoms with Crippen molar-refractivity contribution < 1.29 is 4.79 Å². The molecule has 1 amide bonds. The topological polar surface area (TPSA) is 61.9 Å². The lowest BCUT2D eigenvalue weighted by molar-refractivity contribution is -0.130. The molecule has 110 valence electrons. The van der Waals surface area contributed by atoms with Crippen molar-refractivity contribution in [2.24, 2.45) is 0 Å². The van der Waals surface area contributed by atoms with E-state index < -0.39 is 0 Å². The zero-order chi connectivity index (χ0) is 15.4. The van der Waals surface area contributed by atoms with E-state index in [0.29, 0.717) is 25.9 Å². The molecule has 1 aromatic carbocycles. The SMILES string of the molecule is Cc1cc2ncn(CCC(=O)N(C)CCC#N)c2cc1C. The van der Waals surface area contributed by atoms with E-state index in [0.717, 1.165) is 11.0 Å². The Morgan fingerprint density at radius 1 is 1.38 bits per heavy atom. The smallest absolute Gasteiger partial charge is 0.224 e. The number of aryl methyl sites for hydroxylation is 3. The standard InChI is InChI=1S/C16H20N4O/c1-12-9-14-15(10-13(12)2)20(11-18-14)8-5-16(21)19(3)7-4-6-17/h9-11H,4-5,7-8H2,1-3H3. The fourth-order valence-electron chi connectivity index (χ4n) is 2.24. The summed E-state index contributed by atoms with van der Waals surface area (Å²) < 4.78 is 2.01. The first-order chi connectivity index (χ1) is 10.0. The molecule has 0 radical (unpaired) electrons. The Balaban J connectivity index is 2.06. The molecule has 0 aliphatic heterocycles. The highest BCUT2D eigenvalue weighted by Crippen LogP contribution is 2.18. The first kappa shape index (κ1) is 15.0. The fraction of sp³-hybridized carbons (Fsp3) is 0.438. The molecular weight excluding hydrogens is 264 g/mol. The molecule has 1 heterocycles. The van der Waals surface area contributed by atoms with E-state index in [1.807, 2.05) is 10.6 Å². The summed E-state index contributed by atoms with van der Waals surface area (Å²) in [6, 6.07) is 6.23. The minimum Gasteiger partial charge on any atom is -0.345 e. The Bertz CT molecular complexity index is 696. The van der Waals surface area contributed by atoms with Gasteiger partial charge >= 0.3 is 0 Å². The monoisotopic (exact) mass is 284 g/mol. The average molecular weight is 284 g/mol. The number of hydrogen-bond donors (Lipinski definition) is 0. The lowest BCUT2D eigenvalue weighted by Gasteiger charge is -2.15. The molecular formula is C16H20N4O.